The number of halogens is 1. The number of hydrogen-bond acceptors (Lipinski definition) is 3. The molecule has 0 bridgehead atoms. The van der Waals surface area contributed by atoms with Gasteiger partial charge in [-0.25, -0.2) is 0 Å². The van der Waals surface area contributed by atoms with Gasteiger partial charge < -0.3 is 11.5 Å². The Morgan fingerprint density at radius 2 is 2.20 bits per heavy atom. The van der Waals surface area contributed by atoms with Gasteiger partial charge in [-0.2, -0.15) is 0 Å². The molecule has 1 aromatic carbocycles. The van der Waals surface area contributed by atoms with Crippen molar-refractivity contribution >= 4 is 17.5 Å². The van der Waals surface area contributed by atoms with Gasteiger partial charge >= 0.3 is 0 Å². The Bertz CT molecular complexity index is 476. The lowest BCUT2D eigenvalue weighted by atomic mass is 9.98. The third kappa shape index (κ3) is 3.72. The van der Waals surface area contributed by atoms with Gasteiger partial charge in [0.15, 0.2) is 0 Å². The van der Waals surface area contributed by atoms with Crippen molar-refractivity contribution in [3.8, 4) is 0 Å². The second-order valence-electron chi connectivity index (χ2n) is 5.37. The summed E-state index contributed by atoms with van der Waals surface area (Å²) in [5.74, 6) is -0.447. The summed E-state index contributed by atoms with van der Waals surface area (Å²) in [5.41, 5.74) is 12.4. The van der Waals surface area contributed by atoms with Crippen LogP contribution in [-0.2, 0) is 6.54 Å². The van der Waals surface area contributed by atoms with E-state index in [-0.39, 0.29) is 0 Å². The summed E-state index contributed by atoms with van der Waals surface area (Å²) in [6.45, 7) is 2.61. The highest BCUT2D eigenvalue weighted by molar-refractivity contribution is 6.31. The molecule has 4 N–H and O–H groups in total. The van der Waals surface area contributed by atoms with Crippen molar-refractivity contribution < 1.29 is 4.79 Å². The Kier molecular flexibility index (Phi) is 5.40. The molecule has 1 heterocycles. The Morgan fingerprint density at radius 3 is 2.85 bits per heavy atom. The molecule has 20 heavy (non-hydrogen) atoms. The maximum atomic E-state index is 11.1. The molecule has 0 aromatic heterocycles. The van der Waals surface area contributed by atoms with Gasteiger partial charge in [0.25, 0.3) is 0 Å². The van der Waals surface area contributed by atoms with E-state index in [1.54, 1.807) is 12.1 Å². The quantitative estimate of drug-likeness (QED) is 0.874. The lowest BCUT2D eigenvalue weighted by Crippen LogP contribution is -2.40. The molecule has 1 aromatic rings. The average molecular weight is 296 g/mol. The summed E-state index contributed by atoms with van der Waals surface area (Å²) in [6, 6.07) is 5.84. The largest absolute Gasteiger partial charge is 0.366 e. The topological polar surface area (TPSA) is 72.3 Å². The normalized spacial score (nSPS) is 20.0. The van der Waals surface area contributed by atoms with E-state index in [0.29, 0.717) is 16.6 Å². The van der Waals surface area contributed by atoms with Crippen LogP contribution in [0.5, 0.6) is 0 Å². The number of carbonyl (C=O) groups is 1. The predicted molar refractivity (Wildman–Crippen MR) is 81.7 cm³/mol. The van der Waals surface area contributed by atoms with Gasteiger partial charge in [0.2, 0.25) is 5.91 Å². The van der Waals surface area contributed by atoms with Gasteiger partial charge in [-0.05, 0) is 50.0 Å². The van der Waals surface area contributed by atoms with E-state index >= 15 is 0 Å². The van der Waals surface area contributed by atoms with E-state index in [1.165, 1.54) is 19.3 Å². The second kappa shape index (κ2) is 7.07. The fourth-order valence-corrected chi connectivity index (χ4v) is 3.08. The summed E-state index contributed by atoms with van der Waals surface area (Å²) in [4.78, 5) is 13.6. The number of primary amides is 1. The Balaban J connectivity index is 2.09. The van der Waals surface area contributed by atoms with Crippen LogP contribution in [0.3, 0.4) is 0 Å². The SMILES string of the molecule is NCCC1CCCCN1Cc1ccc(C(N)=O)cc1Cl. The number of amides is 1. The molecule has 5 heteroatoms. The Hall–Kier alpha value is -1.10. The highest BCUT2D eigenvalue weighted by Gasteiger charge is 2.22. The van der Waals surface area contributed by atoms with Gasteiger partial charge in [-0.3, -0.25) is 9.69 Å². The molecule has 4 nitrogen and oxygen atoms in total. The molecule has 1 amide bonds. The van der Waals surface area contributed by atoms with E-state index < -0.39 is 5.91 Å². The van der Waals surface area contributed by atoms with Gasteiger partial charge in [0.05, 0.1) is 0 Å². The van der Waals surface area contributed by atoms with Gasteiger partial charge in [-0.15, -0.1) is 0 Å². The number of rotatable bonds is 5. The van der Waals surface area contributed by atoms with Crippen LogP contribution >= 0.6 is 11.6 Å². The first kappa shape index (κ1) is 15.3. The van der Waals surface area contributed by atoms with Gasteiger partial charge in [-0.1, -0.05) is 24.1 Å². The molecule has 0 radical (unpaired) electrons. The van der Waals surface area contributed by atoms with Gasteiger partial charge in [0.1, 0.15) is 0 Å². The molecule has 1 atom stereocenters. The molecule has 1 fully saturated rings. The highest BCUT2D eigenvalue weighted by Crippen LogP contribution is 2.25. The summed E-state index contributed by atoms with van der Waals surface area (Å²) in [7, 11) is 0. The highest BCUT2D eigenvalue weighted by atomic mass is 35.5. The Morgan fingerprint density at radius 1 is 1.40 bits per heavy atom. The molecule has 1 saturated heterocycles. The van der Waals surface area contributed by atoms with Crippen molar-refractivity contribution in [3.63, 3.8) is 0 Å². The third-order valence-electron chi connectivity index (χ3n) is 3.96. The molecule has 0 spiro atoms. The molecule has 2 rings (SSSR count). The van der Waals surface area contributed by atoms with Crippen LogP contribution in [0, 0.1) is 0 Å². The zero-order valence-corrected chi connectivity index (χ0v) is 12.4. The van der Waals surface area contributed by atoms with Crippen LogP contribution in [-0.4, -0.2) is 29.9 Å². The molecular formula is C15H22ClN3O. The maximum Gasteiger partial charge on any atom is 0.248 e. The predicted octanol–water partition coefficient (Wildman–Crippen LogP) is 2.14. The molecule has 0 saturated carbocycles. The zero-order chi connectivity index (χ0) is 14.5. The number of piperidine rings is 1. The average Bonchev–Trinajstić information content (AvgIpc) is 2.43. The van der Waals surface area contributed by atoms with E-state index in [2.05, 4.69) is 4.90 Å². The monoisotopic (exact) mass is 295 g/mol. The van der Waals surface area contributed by atoms with Crippen molar-refractivity contribution in [2.24, 2.45) is 11.5 Å². The number of benzene rings is 1. The molecule has 0 aliphatic carbocycles. The summed E-state index contributed by atoms with van der Waals surface area (Å²) >= 11 is 6.26. The lowest BCUT2D eigenvalue weighted by Gasteiger charge is -2.35. The van der Waals surface area contributed by atoms with Crippen molar-refractivity contribution in [3.05, 3.63) is 34.3 Å². The van der Waals surface area contributed by atoms with Crippen LogP contribution in [0.4, 0.5) is 0 Å². The fourth-order valence-electron chi connectivity index (χ4n) is 2.84. The summed E-state index contributed by atoms with van der Waals surface area (Å²) in [6.07, 6.45) is 4.72. The Labute approximate surface area is 125 Å². The first-order chi connectivity index (χ1) is 9.61. The maximum absolute atomic E-state index is 11.1. The number of carbonyl (C=O) groups excluding carboxylic acids is 1. The van der Waals surface area contributed by atoms with Crippen molar-refractivity contribution in [2.75, 3.05) is 13.1 Å². The zero-order valence-electron chi connectivity index (χ0n) is 11.6. The van der Waals surface area contributed by atoms with E-state index in [4.69, 9.17) is 23.1 Å². The fraction of sp³-hybridized carbons (Fsp3) is 0.533. The smallest absolute Gasteiger partial charge is 0.248 e. The summed E-state index contributed by atoms with van der Waals surface area (Å²) < 4.78 is 0. The van der Waals surface area contributed by atoms with Crippen molar-refractivity contribution in [2.45, 2.75) is 38.3 Å². The minimum atomic E-state index is -0.447. The number of nitrogens with zero attached hydrogens (tertiary/aromatic N) is 1. The van der Waals surface area contributed by atoms with Crippen molar-refractivity contribution in [1.29, 1.82) is 0 Å². The van der Waals surface area contributed by atoms with Crippen LogP contribution < -0.4 is 11.5 Å². The van der Waals surface area contributed by atoms with Crippen LogP contribution in [0.15, 0.2) is 18.2 Å². The van der Waals surface area contributed by atoms with Gasteiger partial charge in [0, 0.05) is 23.2 Å². The van der Waals surface area contributed by atoms with Crippen LogP contribution in [0.1, 0.15) is 41.6 Å². The lowest BCUT2D eigenvalue weighted by molar-refractivity contribution is 0.1000. The molecule has 1 aliphatic heterocycles. The van der Waals surface area contributed by atoms with E-state index in [9.17, 15) is 4.79 Å². The molecular weight excluding hydrogens is 274 g/mol. The molecule has 1 unspecified atom stereocenters. The first-order valence-electron chi connectivity index (χ1n) is 7.14. The summed E-state index contributed by atoms with van der Waals surface area (Å²) in [5, 5.41) is 0.610. The number of hydrogen-bond donors (Lipinski definition) is 2. The number of nitrogens with two attached hydrogens (primary N) is 2. The minimum absolute atomic E-state index is 0.447. The minimum Gasteiger partial charge on any atom is -0.366 e. The number of likely N-dealkylation sites (tertiary alicyclic amines) is 1. The molecule has 1 aliphatic rings. The standard InChI is InChI=1S/C15H22ClN3O/c16-14-9-11(15(18)20)4-5-12(14)10-19-8-2-1-3-13(19)6-7-17/h4-5,9,13H,1-3,6-8,10,17H2,(H2,18,20). The van der Waals surface area contributed by atoms with Crippen LogP contribution in [0.25, 0.3) is 0 Å². The van der Waals surface area contributed by atoms with E-state index in [0.717, 1.165) is 31.6 Å². The van der Waals surface area contributed by atoms with E-state index in [1.807, 2.05) is 6.07 Å². The first-order valence-corrected chi connectivity index (χ1v) is 7.52. The second-order valence-corrected chi connectivity index (χ2v) is 5.78. The third-order valence-corrected chi connectivity index (χ3v) is 4.31. The van der Waals surface area contributed by atoms with Crippen molar-refractivity contribution in [1.82, 2.24) is 4.90 Å². The van der Waals surface area contributed by atoms with Crippen LogP contribution in [0.2, 0.25) is 5.02 Å². The molecule has 110 valence electrons.